The van der Waals surface area contributed by atoms with Crippen LogP contribution in [0.25, 0.3) is 0 Å². The Kier molecular flexibility index (Phi) is 3.94. The van der Waals surface area contributed by atoms with E-state index in [-0.39, 0.29) is 5.78 Å². The largest absolute Gasteiger partial charge is 0.496 e. The van der Waals surface area contributed by atoms with Crippen molar-refractivity contribution in [3.8, 4) is 5.75 Å². The molecule has 0 N–H and O–H groups in total. The zero-order valence-electron chi connectivity index (χ0n) is 10.1. The highest BCUT2D eigenvalue weighted by Crippen LogP contribution is 2.33. The number of hydrogen-bond donors (Lipinski definition) is 0. The van der Waals surface area contributed by atoms with Crippen molar-refractivity contribution in [3.63, 3.8) is 0 Å². The second-order valence-corrected chi connectivity index (χ2v) is 4.53. The van der Waals surface area contributed by atoms with Gasteiger partial charge in [-0.25, -0.2) is 9.97 Å². The molecule has 18 heavy (non-hydrogen) atoms. The summed E-state index contributed by atoms with van der Waals surface area (Å²) in [6, 6.07) is 7.23. The molecule has 0 radical (unpaired) electrons. The van der Waals surface area contributed by atoms with E-state index in [0.717, 1.165) is 4.90 Å². The van der Waals surface area contributed by atoms with Gasteiger partial charge in [-0.1, -0.05) is 6.07 Å². The number of rotatable bonds is 4. The van der Waals surface area contributed by atoms with Crippen LogP contribution in [0.4, 0.5) is 0 Å². The molecule has 0 aliphatic rings. The predicted molar refractivity (Wildman–Crippen MR) is 69.2 cm³/mol. The van der Waals surface area contributed by atoms with Crippen LogP contribution < -0.4 is 4.74 Å². The van der Waals surface area contributed by atoms with Crippen molar-refractivity contribution in [2.24, 2.45) is 0 Å². The molecule has 1 aromatic carbocycles. The topological polar surface area (TPSA) is 52.1 Å². The number of carbonyl (C=O) groups is 1. The van der Waals surface area contributed by atoms with Crippen molar-refractivity contribution in [2.45, 2.75) is 17.0 Å². The molecule has 0 unspecified atom stereocenters. The lowest BCUT2D eigenvalue weighted by atomic mass is 10.1. The summed E-state index contributed by atoms with van der Waals surface area (Å²) in [5, 5.41) is 0.605. The third-order valence-corrected chi connectivity index (χ3v) is 3.26. The number of hydrogen-bond acceptors (Lipinski definition) is 5. The molecule has 0 spiro atoms. The number of carbonyl (C=O) groups excluding carboxylic acids is 1. The van der Waals surface area contributed by atoms with E-state index in [1.54, 1.807) is 31.6 Å². The van der Waals surface area contributed by atoms with Crippen LogP contribution in [0, 0.1) is 0 Å². The number of aromatic nitrogens is 2. The third-order valence-electron chi connectivity index (χ3n) is 2.30. The summed E-state index contributed by atoms with van der Waals surface area (Å²) in [7, 11) is 1.55. The second kappa shape index (κ2) is 5.64. The van der Waals surface area contributed by atoms with Crippen molar-refractivity contribution in [3.05, 3.63) is 42.2 Å². The minimum Gasteiger partial charge on any atom is -0.496 e. The maximum atomic E-state index is 11.7. The van der Waals surface area contributed by atoms with Crippen LogP contribution >= 0.6 is 11.8 Å². The third kappa shape index (κ3) is 2.68. The molecule has 1 aromatic heterocycles. The van der Waals surface area contributed by atoms with Crippen molar-refractivity contribution >= 4 is 17.5 Å². The molecule has 0 aliphatic carbocycles. The van der Waals surface area contributed by atoms with Crippen molar-refractivity contribution in [1.82, 2.24) is 9.97 Å². The first kappa shape index (κ1) is 12.6. The van der Waals surface area contributed by atoms with E-state index in [4.69, 9.17) is 4.74 Å². The van der Waals surface area contributed by atoms with Crippen molar-refractivity contribution in [1.29, 1.82) is 0 Å². The average molecular weight is 260 g/mol. The second-order valence-electron chi connectivity index (χ2n) is 3.52. The zero-order chi connectivity index (χ0) is 13.0. The molecule has 0 bridgehead atoms. The van der Waals surface area contributed by atoms with Crippen LogP contribution in [0.15, 0.2) is 46.7 Å². The number of Topliss-reactive ketones (excluding diaryl/α,β-unsaturated/α-hetero) is 1. The molecule has 0 amide bonds. The van der Waals surface area contributed by atoms with Gasteiger partial charge in [0.05, 0.1) is 12.7 Å². The zero-order valence-corrected chi connectivity index (χ0v) is 10.9. The summed E-state index contributed by atoms with van der Waals surface area (Å²) in [4.78, 5) is 20.8. The van der Waals surface area contributed by atoms with Crippen LogP contribution in [0.3, 0.4) is 0 Å². The van der Waals surface area contributed by atoms with E-state index in [1.165, 1.54) is 18.7 Å². The van der Waals surface area contributed by atoms with Gasteiger partial charge in [-0.15, -0.1) is 0 Å². The number of ketones is 1. The Morgan fingerprint density at radius 1 is 1.22 bits per heavy atom. The van der Waals surface area contributed by atoms with Crippen LogP contribution in [0.1, 0.15) is 17.3 Å². The normalized spacial score (nSPS) is 10.1. The maximum absolute atomic E-state index is 11.7. The standard InChI is InChI=1S/C13H12N2O2S/c1-9(16)12-10(17-2)5-3-6-11(12)18-13-14-7-4-8-15-13/h3-8H,1-2H3. The first-order valence-electron chi connectivity index (χ1n) is 5.35. The summed E-state index contributed by atoms with van der Waals surface area (Å²) >= 11 is 1.35. The van der Waals surface area contributed by atoms with Gasteiger partial charge in [-0.05, 0) is 36.9 Å². The maximum Gasteiger partial charge on any atom is 0.192 e. The van der Waals surface area contributed by atoms with Crippen LogP contribution in [0.5, 0.6) is 5.75 Å². The van der Waals surface area contributed by atoms with Gasteiger partial charge in [0.15, 0.2) is 10.9 Å². The SMILES string of the molecule is COc1cccc(Sc2ncccn2)c1C(C)=O. The Morgan fingerprint density at radius 2 is 1.94 bits per heavy atom. The molecule has 0 saturated heterocycles. The fourth-order valence-corrected chi connectivity index (χ4v) is 2.47. The Bertz CT molecular complexity index is 558. The van der Waals surface area contributed by atoms with E-state index in [2.05, 4.69) is 9.97 Å². The molecular formula is C13H12N2O2S. The van der Waals surface area contributed by atoms with Crippen molar-refractivity contribution < 1.29 is 9.53 Å². The van der Waals surface area contributed by atoms with Gasteiger partial charge in [0.25, 0.3) is 0 Å². The van der Waals surface area contributed by atoms with Gasteiger partial charge >= 0.3 is 0 Å². The number of ether oxygens (including phenoxy) is 1. The first-order valence-corrected chi connectivity index (χ1v) is 6.17. The summed E-state index contributed by atoms with van der Waals surface area (Å²) in [5.41, 5.74) is 0.567. The van der Waals surface area contributed by atoms with Crippen LogP contribution in [-0.4, -0.2) is 22.9 Å². The molecule has 0 saturated carbocycles. The summed E-state index contributed by atoms with van der Waals surface area (Å²) in [6.07, 6.45) is 3.34. The lowest BCUT2D eigenvalue weighted by molar-refractivity contribution is 0.101. The van der Waals surface area contributed by atoms with Gasteiger partial charge in [0.1, 0.15) is 5.75 Å². The minimum absolute atomic E-state index is 0.0362. The van der Waals surface area contributed by atoms with Crippen LogP contribution in [-0.2, 0) is 0 Å². The molecule has 2 aromatic rings. The van der Waals surface area contributed by atoms with Gasteiger partial charge in [0, 0.05) is 17.3 Å². The number of benzene rings is 1. The van der Waals surface area contributed by atoms with E-state index in [9.17, 15) is 4.79 Å². The Morgan fingerprint density at radius 3 is 2.56 bits per heavy atom. The Labute approximate surface area is 109 Å². The van der Waals surface area contributed by atoms with Gasteiger partial charge in [-0.2, -0.15) is 0 Å². The lowest BCUT2D eigenvalue weighted by Gasteiger charge is -2.10. The quantitative estimate of drug-likeness (QED) is 0.625. The van der Waals surface area contributed by atoms with Gasteiger partial charge in [-0.3, -0.25) is 4.79 Å². The minimum atomic E-state index is -0.0362. The molecule has 0 atom stereocenters. The molecule has 2 rings (SSSR count). The summed E-state index contributed by atoms with van der Waals surface area (Å²) < 4.78 is 5.21. The predicted octanol–water partition coefficient (Wildman–Crippen LogP) is 2.84. The lowest BCUT2D eigenvalue weighted by Crippen LogP contribution is -2.00. The van der Waals surface area contributed by atoms with Crippen LogP contribution in [0.2, 0.25) is 0 Å². The van der Waals surface area contributed by atoms with Crippen molar-refractivity contribution in [2.75, 3.05) is 7.11 Å². The molecule has 0 fully saturated rings. The molecule has 92 valence electrons. The molecular weight excluding hydrogens is 248 g/mol. The highest BCUT2D eigenvalue weighted by Gasteiger charge is 2.15. The summed E-state index contributed by atoms with van der Waals surface area (Å²) in [6.45, 7) is 1.52. The Hall–Kier alpha value is -1.88. The molecule has 1 heterocycles. The highest BCUT2D eigenvalue weighted by molar-refractivity contribution is 7.99. The number of methoxy groups -OCH3 is 1. The smallest absolute Gasteiger partial charge is 0.192 e. The van der Waals surface area contributed by atoms with E-state index in [1.807, 2.05) is 12.1 Å². The van der Waals surface area contributed by atoms with Gasteiger partial charge in [0.2, 0.25) is 0 Å². The van der Waals surface area contributed by atoms with E-state index >= 15 is 0 Å². The average Bonchev–Trinajstić information content (AvgIpc) is 2.39. The summed E-state index contributed by atoms with van der Waals surface area (Å²) in [5.74, 6) is 0.536. The highest BCUT2D eigenvalue weighted by atomic mass is 32.2. The van der Waals surface area contributed by atoms with Gasteiger partial charge < -0.3 is 4.74 Å². The van der Waals surface area contributed by atoms with E-state index in [0.29, 0.717) is 16.5 Å². The monoisotopic (exact) mass is 260 g/mol. The first-order chi connectivity index (χ1) is 8.72. The fraction of sp³-hybridized carbons (Fsp3) is 0.154. The Balaban J connectivity index is 2.42. The van der Waals surface area contributed by atoms with E-state index < -0.39 is 0 Å². The number of nitrogens with zero attached hydrogens (tertiary/aromatic N) is 2. The molecule has 4 nitrogen and oxygen atoms in total. The molecule has 5 heteroatoms. The fourth-order valence-electron chi connectivity index (χ4n) is 1.55. The molecule has 0 aliphatic heterocycles.